The summed E-state index contributed by atoms with van der Waals surface area (Å²) in [6, 6.07) is -1.85. The first-order chi connectivity index (χ1) is 10.7. The van der Waals surface area contributed by atoms with Crippen LogP contribution in [0.5, 0.6) is 0 Å². The number of hydrogen-bond donors (Lipinski definition) is 5. The normalized spacial score (nSPS) is 20.1. The maximum Gasteiger partial charge on any atom is 0.318 e. The standard InChI is InChI=1S/C13H25N7O3/c1-7(14)3-4-8(15)5-10(21)20(2)9-6-17-13(18-11(9)22)19-12(16)23/h7-9H,3-6,14-15H2,1-2H3,(H4,16,17,18,19,22,23). The Bertz CT molecular complexity index is 492. The van der Waals surface area contributed by atoms with Gasteiger partial charge in [-0.1, -0.05) is 0 Å². The summed E-state index contributed by atoms with van der Waals surface area (Å²) in [6.45, 7) is 1.92. The van der Waals surface area contributed by atoms with E-state index in [0.29, 0.717) is 6.42 Å². The van der Waals surface area contributed by atoms with E-state index >= 15 is 0 Å². The van der Waals surface area contributed by atoms with Crippen LogP contribution in [0.25, 0.3) is 0 Å². The third-order valence-corrected chi connectivity index (χ3v) is 3.50. The maximum atomic E-state index is 12.2. The van der Waals surface area contributed by atoms with E-state index in [9.17, 15) is 14.4 Å². The quantitative estimate of drug-likeness (QED) is 0.373. The number of carbonyl (C=O) groups excluding carboxylic acids is 3. The molecule has 10 heteroatoms. The highest BCUT2D eigenvalue weighted by Crippen LogP contribution is 2.08. The Morgan fingerprint density at radius 1 is 1.43 bits per heavy atom. The van der Waals surface area contributed by atoms with Crippen molar-refractivity contribution in [2.75, 3.05) is 13.6 Å². The van der Waals surface area contributed by atoms with Crippen molar-refractivity contribution in [2.24, 2.45) is 22.2 Å². The summed E-state index contributed by atoms with van der Waals surface area (Å²) in [5, 5.41) is 4.57. The Morgan fingerprint density at radius 2 is 2.09 bits per heavy atom. The molecule has 0 saturated heterocycles. The molecule has 0 fully saturated rings. The number of carbonyl (C=O) groups is 3. The van der Waals surface area contributed by atoms with Crippen molar-refractivity contribution in [1.29, 1.82) is 0 Å². The van der Waals surface area contributed by atoms with E-state index < -0.39 is 18.0 Å². The van der Waals surface area contributed by atoms with E-state index in [0.717, 1.165) is 6.42 Å². The fraction of sp³-hybridized carbons (Fsp3) is 0.692. The van der Waals surface area contributed by atoms with Crippen LogP contribution in [-0.2, 0) is 9.59 Å². The van der Waals surface area contributed by atoms with Crippen molar-refractivity contribution < 1.29 is 14.4 Å². The van der Waals surface area contributed by atoms with Gasteiger partial charge in [0.25, 0.3) is 5.91 Å². The molecule has 1 rings (SSSR count). The number of primary amides is 1. The van der Waals surface area contributed by atoms with Crippen LogP contribution >= 0.6 is 0 Å². The molecule has 1 aliphatic rings. The molecule has 8 N–H and O–H groups in total. The molecule has 3 atom stereocenters. The summed E-state index contributed by atoms with van der Waals surface area (Å²) < 4.78 is 0. The molecule has 10 nitrogen and oxygen atoms in total. The van der Waals surface area contributed by atoms with Crippen LogP contribution in [0.3, 0.4) is 0 Å². The van der Waals surface area contributed by atoms with Crippen LogP contribution in [0.2, 0.25) is 0 Å². The SMILES string of the molecule is CC(N)CCC(N)CC(=O)N(C)C1CN=C(NC(N)=O)NC1=O. The van der Waals surface area contributed by atoms with Crippen molar-refractivity contribution in [3.8, 4) is 0 Å². The fourth-order valence-electron chi connectivity index (χ4n) is 2.11. The number of nitrogens with one attached hydrogen (secondary N) is 2. The minimum absolute atomic E-state index is 0.0202. The van der Waals surface area contributed by atoms with Crippen LogP contribution in [-0.4, -0.2) is 60.4 Å². The van der Waals surface area contributed by atoms with E-state index in [1.54, 1.807) is 0 Å². The molecular weight excluding hydrogens is 302 g/mol. The van der Waals surface area contributed by atoms with Gasteiger partial charge in [-0.25, -0.2) is 9.79 Å². The summed E-state index contributed by atoms with van der Waals surface area (Å²) in [7, 11) is 1.52. The number of nitrogens with two attached hydrogens (primary N) is 3. The number of urea groups is 1. The van der Waals surface area contributed by atoms with Crippen LogP contribution < -0.4 is 27.8 Å². The molecule has 0 spiro atoms. The van der Waals surface area contributed by atoms with Crippen LogP contribution in [0.4, 0.5) is 4.79 Å². The molecule has 0 aromatic rings. The highest BCUT2D eigenvalue weighted by atomic mass is 16.2. The Hall–Kier alpha value is -2.20. The molecule has 1 aliphatic heterocycles. The van der Waals surface area contributed by atoms with Gasteiger partial charge in [0.1, 0.15) is 6.04 Å². The average molecular weight is 327 g/mol. The Balaban J connectivity index is 2.55. The molecule has 0 bridgehead atoms. The third kappa shape index (κ3) is 6.20. The minimum Gasteiger partial charge on any atom is -0.351 e. The summed E-state index contributed by atoms with van der Waals surface area (Å²) >= 11 is 0. The Labute approximate surface area is 134 Å². The lowest BCUT2D eigenvalue weighted by Gasteiger charge is -2.30. The van der Waals surface area contributed by atoms with Crippen LogP contribution in [0.15, 0.2) is 4.99 Å². The van der Waals surface area contributed by atoms with Gasteiger partial charge in [-0.15, -0.1) is 0 Å². The predicted octanol–water partition coefficient (Wildman–Crippen LogP) is -2.19. The predicted molar refractivity (Wildman–Crippen MR) is 85.2 cm³/mol. The van der Waals surface area contributed by atoms with Crippen molar-refractivity contribution in [3.05, 3.63) is 0 Å². The first-order valence-corrected chi connectivity index (χ1v) is 7.39. The van der Waals surface area contributed by atoms with Gasteiger partial charge in [-0.05, 0) is 19.8 Å². The Kier molecular flexibility index (Phi) is 6.91. The van der Waals surface area contributed by atoms with Crippen molar-refractivity contribution in [2.45, 2.75) is 44.3 Å². The molecule has 0 radical (unpaired) electrons. The molecule has 3 unspecified atom stereocenters. The smallest absolute Gasteiger partial charge is 0.318 e. The number of nitrogens with zero attached hydrogens (tertiary/aromatic N) is 2. The van der Waals surface area contributed by atoms with Crippen molar-refractivity contribution >= 4 is 23.8 Å². The van der Waals surface area contributed by atoms with Crippen LogP contribution in [0.1, 0.15) is 26.2 Å². The highest BCUT2D eigenvalue weighted by Gasteiger charge is 2.31. The van der Waals surface area contributed by atoms with Gasteiger partial charge in [-0.3, -0.25) is 20.2 Å². The molecular formula is C13H25N7O3. The number of amides is 4. The van der Waals surface area contributed by atoms with E-state index in [1.165, 1.54) is 11.9 Å². The molecule has 0 saturated carbocycles. The zero-order valence-corrected chi connectivity index (χ0v) is 13.4. The van der Waals surface area contributed by atoms with Crippen molar-refractivity contribution in [3.63, 3.8) is 0 Å². The number of likely N-dealkylation sites (N-methyl/N-ethyl adjacent to an activating group) is 1. The monoisotopic (exact) mass is 327 g/mol. The molecule has 23 heavy (non-hydrogen) atoms. The van der Waals surface area contributed by atoms with Gasteiger partial charge in [0.15, 0.2) is 0 Å². The molecule has 130 valence electrons. The van der Waals surface area contributed by atoms with Gasteiger partial charge in [0, 0.05) is 25.6 Å². The zero-order chi connectivity index (χ0) is 17.6. The summed E-state index contributed by atoms with van der Waals surface area (Å²) in [4.78, 5) is 40.2. The van der Waals surface area contributed by atoms with E-state index in [2.05, 4.69) is 15.6 Å². The largest absolute Gasteiger partial charge is 0.351 e. The second-order valence-electron chi connectivity index (χ2n) is 5.71. The lowest BCUT2D eigenvalue weighted by molar-refractivity contribution is -0.138. The highest BCUT2D eigenvalue weighted by molar-refractivity contribution is 6.07. The molecule has 4 amide bonds. The topological polar surface area (TPSA) is 169 Å². The minimum atomic E-state index is -0.827. The van der Waals surface area contributed by atoms with Crippen molar-refractivity contribution in [1.82, 2.24) is 15.5 Å². The second-order valence-corrected chi connectivity index (χ2v) is 5.71. The van der Waals surface area contributed by atoms with Crippen LogP contribution in [0, 0.1) is 0 Å². The number of rotatable bonds is 6. The lowest BCUT2D eigenvalue weighted by atomic mass is 10.0. The van der Waals surface area contributed by atoms with E-state index in [1.807, 2.05) is 6.92 Å². The van der Waals surface area contributed by atoms with Gasteiger partial charge in [0.05, 0.1) is 6.54 Å². The average Bonchev–Trinajstić information content (AvgIpc) is 2.43. The van der Waals surface area contributed by atoms with Gasteiger partial charge in [0.2, 0.25) is 11.9 Å². The second kappa shape index (κ2) is 8.44. The Morgan fingerprint density at radius 3 is 2.61 bits per heavy atom. The molecule has 1 heterocycles. The summed E-state index contributed by atoms with van der Waals surface area (Å²) in [5.74, 6) is -0.708. The summed E-state index contributed by atoms with van der Waals surface area (Å²) in [5.41, 5.74) is 16.5. The maximum absolute atomic E-state index is 12.2. The zero-order valence-electron chi connectivity index (χ0n) is 13.4. The summed E-state index contributed by atoms with van der Waals surface area (Å²) in [6.07, 6.45) is 1.50. The fourth-order valence-corrected chi connectivity index (χ4v) is 2.11. The lowest BCUT2D eigenvalue weighted by Crippen LogP contribution is -2.58. The van der Waals surface area contributed by atoms with E-state index in [-0.39, 0.29) is 36.9 Å². The molecule has 0 aromatic heterocycles. The third-order valence-electron chi connectivity index (χ3n) is 3.50. The van der Waals surface area contributed by atoms with Gasteiger partial charge >= 0.3 is 6.03 Å². The number of hydrogen-bond acceptors (Lipinski definition) is 6. The van der Waals surface area contributed by atoms with E-state index in [4.69, 9.17) is 17.2 Å². The van der Waals surface area contributed by atoms with Gasteiger partial charge < -0.3 is 22.1 Å². The number of guanidine groups is 1. The first-order valence-electron chi connectivity index (χ1n) is 7.39. The molecule has 0 aliphatic carbocycles. The van der Waals surface area contributed by atoms with Gasteiger partial charge in [-0.2, -0.15) is 0 Å². The first kappa shape index (κ1) is 18.8. The number of aliphatic imine (C=N–C) groups is 1. The molecule has 0 aromatic carbocycles.